The first kappa shape index (κ1) is 19.8. The third kappa shape index (κ3) is 4.26. The fraction of sp³-hybridized carbons (Fsp3) is 0.417. The number of nitrogens with zero attached hydrogens (tertiary/aromatic N) is 3. The van der Waals surface area contributed by atoms with Gasteiger partial charge in [-0.2, -0.15) is 5.10 Å². The van der Waals surface area contributed by atoms with Gasteiger partial charge in [-0.3, -0.25) is 9.69 Å². The van der Waals surface area contributed by atoms with Crippen LogP contribution in [0.2, 0.25) is 0 Å². The number of carbonyl (C=O) groups is 1. The summed E-state index contributed by atoms with van der Waals surface area (Å²) >= 11 is 0. The molecule has 0 spiro atoms. The summed E-state index contributed by atoms with van der Waals surface area (Å²) in [6.45, 7) is 9.67. The molecular formula is C24H29N3O2. The molecule has 2 aromatic rings. The van der Waals surface area contributed by atoms with Crippen molar-refractivity contribution in [2.24, 2.45) is 5.10 Å². The Kier molecular flexibility index (Phi) is 5.79. The summed E-state index contributed by atoms with van der Waals surface area (Å²) in [6.07, 6.45) is 0.740. The summed E-state index contributed by atoms with van der Waals surface area (Å²) < 4.78 is 5.42. The molecular weight excluding hydrogens is 362 g/mol. The van der Waals surface area contributed by atoms with Crippen LogP contribution in [0, 0.1) is 20.8 Å². The highest BCUT2D eigenvalue weighted by molar-refractivity contribution is 6.04. The highest BCUT2D eigenvalue weighted by atomic mass is 16.5. The monoisotopic (exact) mass is 391 g/mol. The molecule has 0 aliphatic carbocycles. The predicted molar refractivity (Wildman–Crippen MR) is 115 cm³/mol. The number of carbonyl (C=O) groups excluding carboxylic acids is 1. The summed E-state index contributed by atoms with van der Waals surface area (Å²) in [5, 5.41) is 6.58. The number of ether oxygens (including phenoxy) is 1. The summed E-state index contributed by atoms with van der Waals surface area (Å²) in [5.74, 6) is 0.0555. The summed E-state index contributed by atoms with van der Waals surface area (Å²) in [4.78, 5) is 15.4. The molecule has 0 radical (unpaired) electrons. The molecule has 1 saturated heterocycles. The molecule has 0 unspecified atom stereocenters. The van der Waals surface area contributed by atoms with E-state index in [0.717, 1.165) is 30.8 Å². The standard InChI is InChI=1S/C24H29N3O2/c1-17-8-9-20(19(3)14-17)22-15-23(21-7-5-4-6-18(21)2)27(25-22)24(28)16-26-10-12-29-13-11-26/h4-9,14,23H,10-13,15-16H2,1-3H3/t23-/m0/s1. The number of hydrogen-bond donors (Lipinski definition) is 0. The highest BCUT2D eigenvalue weighted by Crippen LogP contribution is 2.35. The summed E-state index contributed by atoms with van der Waals surface area (Å²) in [7, 11) is 0. The van der Waals surface area contributed by atoms with Crippen LogP contribution in [0.3, 0.4) is 0 Å². The maximum Gasteiger partial charge on any atom is 0.257 e. The number of hydrazone groups is 1. The number of benzene rings is 2. The van der Waals surface area contributed by atoms with Crippen molar-refractivity contribution >= 4 is 11.6 Å². The molecule has 1 amide bonds. The van der Waals surface area contributed by atoms with E-state index >= 15 is 0 Å². The second-order valence-electron chi connectivity index (χ2n) is 8.07. The zero-order valence-corrected chi connectivity index (χ0v) is 17.5. The van der Waals surface area contributed by atoms with Crippen LogP contribution in [0.25, 0.3) is 0 Å². The van der Waals surface area contributed by atoms with Gasteiger partial charge in [-0.1, -0.05) is 48.0 Å². The third-order valence-corrected chi connectivity index (χ3v) is 5.87. The van der Waals surface area contributed by atoms with Crippen molar-refractivity contribution in [1.29, 1.82) is 0 Å². The van der Waals surface area contributed by atoms with Crippen molar-refractivity contribution < 1.29 is 9.53 Å². The van der Waals surface area contributed by atoms with Gasteiger partial charge in [0.2, 0.25) is 0 Å². The molecule has 2 heterocycles. The van der Waals surface area contributed by atoms with Crippen molar-refractivity contribution in [2.75, 3.05) is 32.8 Å². The molecule has 152 valence electrons. The van der Waals surface area contributed by atoms with Crippen LogP contribution in [0.1, 0.15) is 40.3 Å². The van der Waals surface area contributed by atoms with Gasteiger partial charge in [-0.05, 0) is 37.5 Å². The normalized spacial score (nSPS) is 20.0. The van der Waals surface area contributed by atoms with Crippen LogP contribution < -0.4 is 0 Å². The number of aryl methyl sites for hydroxylation is 3. The molecule has 2 aromatic carbocycles. The average Bonchev–Trinajstić information content (AvgIpc) is 3.14. The molecule has 5 nitrogen and oxygen atoms in total. The zero-order valence-electron chi connectivity index (χ0n) is 17.5. The third-order valence-electron chi connectivity index (χ3n) is 5.87. The second kappa shape index (κ2) is 8.47. The maximum absolute atomic E-state index is 13.3. The van der Waals surface area contributed by atoms with Crippen molar-refractivity contribution in [3.05, 3.63) is 70.3 Å². The fourth-order valence-electron chi connectivity index (χ4n) is 4.27. The predicted octanol–water partition coefficient (Wildman–Crippen LogP) is 3.62. The van der Waals surface area contributed by atoms with Gasteiger partial charge in [0.05, 0.1) is 31.5 Å². The van der Waals surface area contributed by atoms with Crippen molar-refractivity contribution in [1.82, 2.24) is 9.91 Å². The van der Waals surface area contributed by atoms with E-state index in [1.807, 2.05) is 12.1 Å². The van der Waals surface area contributed by atoms with E-state index in [4.69, 9.17) is 9.84 Å². The lowest BCUT2D eigenvalue weighted by atomic mass is 9.93. The van der Waals surface area contributed by atoms with Crippen LogP contribution >= 0.6 is 0 Å². The van der Waals surface area contributed by atoms with Crippen LogP contribution in [-0.4, -0.2) is 54.4 Å². The Morgan fingerprint density at radius 1 is 1.07 bits per heavy atom. The Bertz CT molecular complexity index is 931. The minimum absolute atomic E-state index is 0.0551. The molecule has 2 aliphatic heterocycles. The Hall–Kier alpha value is -2.50. The number of hydrogen-bond acceptors (Lipinski definition) is 4. The first-order valence-electron chi connectivity index (χ1n) is 10.4. The summed E-state index contributed by atoms with van der Waals surface area (Å²) in [5.41, 5.74) is 6.93. The smallest absolute Gasteiger partial charge is 0.257 e. The van der Waals surface area contributed by atoms with Gasteiger partial charge >= 0.3 is 0 Å². The Labute approximate surface area is 173 Å². The minimum atomic E-state index is -0.0551. The van der Waals surface area contributed by atoms with Crippen LogP contribution in [-0.2, 0) is 9.53 Å². The molecule has 1 atom stereocenters. The Morgan fingerprint density at radius 3 is 2.55 bits per heavy atom. The van der Waals surface area contributed by atoms with E-state index in [9.17, 15) is 4.79 Å². The molecule has 29 heavy (non-hydrogen) atoms. The quantitative estimate of drug-likeness (QED) is 0.800. The van der Waals surface area contributed by atoms with E-state index in [-0.39, 0.29) is 11.9 Å². The number of amides is 1. The summed E-state index contributed by atoms with van der Waals surface area (Å²) in [6, 6.07) is 14.7. The average molecular weight is 392 g/mol. The number of morpholine rings is 1. The van der Waals surface area contributed by atoms with Crippen molar-refractivity contribution in [3.8, 4) is 0 Å². The van der Waals surface area contributed by atoms with Gasteiger partial charge in [0.25, 0.3) is 5.91 Å². The lowest BCUT2D eigenvalue weighted by Gasteiger charge is -2.29. The molecule has 5 heteroatoms. The maximum atomic E-state index is 13.3. The van der Waals surface area contributed by atoms with Gasteiger partial charge in [-0.25, -0.2) is 5.01 Å². The fourth-order valence-corrected chi connectivity index (χ4v) is 4.27. The van der Waals surface area contributed by atoms with Gasteiger partial charge in [0, 0.05) is 25.1 Å². The Morgan fingerprint density at radius 2 is 1.83 bits per heavy atom. The molecule has 1 fully saturated rings. The first-order valence-corrected chi connectivity index (χ1v) is 10.4. The minimum Gasteiger partial charge on any atom is -0.379 e. The SMILES string of the molecule is Cc1ccc(C2=NN(C(=O)CN3CCOCC3)[C@H](c3ccccc3C)C2)c(C)c1. The lowest BCUT2D eigenvalue weighted by molar-refractivity contribution is -0.135. The highest BCUT2D eigenvalue weighted by Gasteiger charge is 2.34. The van der Waals surface area contributed by atoms with Crippen LogP contribution in [0.5, 0.6) is 0 Å². The molecule has 0 bridgehead atoms. The lowest BCUT2D eigenvalue weighted by Crippen LogP contribution is -2.43. The van der Waals surface area contributed by atoms with E-state index < -0.39 is 0 Å². The molecule has 2 aliphatic rings. The molecule has 4 rings (SSSR count). The van der Waals surface area contributed by atoms with Gasteiger partial charge in [-0.15, -0.1) is 0 Å². The van der Waals surface area contributed by atoms with Gasteiger partial charge in [0.1, 0.15) is 0 Å². The van der Waals surface area contributed by atoms with Crippen molar-refractivity contribution in [3.63, 3.8) is 0 Å². The van der Waals surface area contributed by atoms with E-state index in [2.05, 4.69) is 56.0 Å². The van der Waals surface area contributed by atoms with E-state index in [0.29, 0.717) is 19.8 Å². The largest absolute Gasteiger partial charge is 0.379 e. The van der Waals surface area contributed by atoms with Gasteiger partial charge in [0.15, 0.2) is 0 Å². The second-order valence-corrected chi connectivity index (χ2v) is 8.07. The van der Waals surface area contributed by atoms with E-state index in [1.165, 1.54) is 22.3 Å². The molecule has 0 saturated carbocycles. The molecule has 0 aromatic heterocycles. The van der Waals surface area contributed by atoms with Crippen molar-refractivity contribution in [2.45, 2.75) is 33.2 Å². The van der Waals surface area contributed by atoms with Crippen LogP contribution in [0.4, 0.5) is 0 Å². The van der Waals surface area contributed by atoms with Gasteiger partial charge < -0.3 is 4.74 Å². The molecule has 0 N–H and O–H groups in total. The topological polar surface area (TPSA) is 45.1 Å². The number of rotatable bonds is 4. The first-order chi connectivity index (χ1) is 14.0. The van der Waals surface area contributed by atoms with E-state index in [1.54, 1.807) is 5.01 Å². The Balaban J connectivity index is 1.65. The zero-order chi connectivity index (χ0) is 20.4. The van der Waals surface area contributed by atoms with Crippen LogP contribution in [0.15, 0.2) is 47.6 Å².